The van der Waals surface area contributed by atoms with E-state index >= 15 is 0 Å². The minimum atomic E-state index is -0.804. The molecule has 37 heavy (non-hydrogen) atoms. The van der Waals surface area contributed by atoms with Gasteiger partial charge >= 0.3 is 0 Å². The summed E-state index contributed by atoms with van der Waals surface area (Å²) in [5, 5.41) is 21.5. The van der Waals surface area contributed by atoms with Crippen LogP contribution in [0.2, 0.25) is 0 Å². The van der Waals surface area contributed by atoms with Crippen molar-refractivity contribution in [2.24, 2.45) is 4.99 Å². The standard InChI is InChI=1S/C26H26N4O6S/c1-5-28(6-2)25(33)22-15(3)27-26-29(23(22)18-9-7-8-10-20(18)36-4)24(32)21(37-26)14-16-13-17(30(34)35)11-12-19(16)31/h7-14,23,31H,5-6H2,1-4H3/b21-14+/t23-/m0/s1. The molecule has 0 radical (unpaired) electrons. The number of hydrogen-bond donors (Lipinski definition) is 1. The van der Waals surface area contributed by atoms with Crippen molar-refractivity contribution in [1.82, 2.24) is 9.47 Å². The lowest BCUT2D eigenvalue weighted by molar-refractivity contribution is -0.384. The largest absolute Gasteiger partial charge is 0.507 e. The molecule has 0 spiro atoms. The van der Waals surface area contributed by atoms with E-state index in [0.717, 1.165) is 11.3 Å². The molecule has 10 nitrogen and oxygen atoms in total. The Balaban J connectivity index is 2.01. The predicted octanol–water partition coefficient (Wildman–Crippen LogP) is 2.73. The Labute approximate surface area is 216 Å². The van der Waals surface area contributed by atoms with E-state index in [2.05, 4.69) is 4.99 Å². The summed E-state index contributed by atoms with van der Waals surface area (Å²) in [5.41, 5.74) is 0.947. The number of hydrogen-bond acceptors (Lipinski definition) is 8. The van der Waals surface area contributed by atoms with Crippen LogP contribution in [0.5, 0.6) is 11.5 Å². The van der Waals surface area contributed by atoms with E-state index in [4.69, 9.17) is 4.74 Å². The third-order valence-corrected chi connectivity index (χ3v) is 7.23. The van der Waals surface area contributed by atoms with Crippen molar-refractivity contribution < 1.29 is 19.6 Å². The number of rotatable bonds is 7. The zero-order chi connectivity index (χ0) is 26.9. The number of phenols is 1. The Bertz CT molecular complexity index is 1600. The Morgan fingerprint density at radius 2 is 1.97 bits per heavy atom. The summed E-state index contributed by atoms with van der Waals surface area (Å²) in [5.74, 6) is 0.0806. The van der Waals surface area contributed by atoms with Gasteiger partial charge in [0.1, 0.15) is 17.5 Å². The first-order chi connectivity index (χ1) is 17.7. The number of nitro benzene ring substituents is 1. The van der Waals surface area contributed by atoms with Crippen LogP contribution in [-0.4, -0.2) is 45.6 Å². The second-order valence-electron chi connectivity index (χ2n) is 8.30. The summed E-state index contributed by atoms with van der Waals surface area (Å²) in [6.07, 6.45) is 1.40. The van der Waals surface area contributed by atoms with Crippen LogP contribution in [0.15, 0.2) is 63.5 Å². The quantitative estimate of drug-likeness (QED) is 0.376. The first kappa shape index (κ1) is 25.8. The van der Waals surface area contributed by atoms with Crippen LogP contribution in [-0.2, 0) is 4.79 Å². The van der Waals surface area contributed by atoms with Gasteiger partial charge in [0.25, 0.3) is 17.2 Å². The number of methoxy groups -OCH3 is 1. The number of benzene rings is 2. The molecular weight excluding hydrogens is 496 g/mol. The average Bonchev–Trinajstić information content (AvgIpc) is 3.19. The molecule has 0 saturated carbocycles. The number of ether oxygens (including phenoxy) is 1. The maximum absolute atomic E-state index is 13.8. The van der Waals surface area contributed by atoms with Gasteiger partial charge in [-0.15, -0.1) is 0 Å². The van der Waals surface area contributed by atoms with Crippen molar-refractivity contribution in [3.8, 4) is 11.5 Å². The molecule has 1 atom stereocenters. The lowest BCUT2D eigenvalue weighted by atomic mass is 9.94. The number of carbonyl (C=O) groups is 1. The van der Waals surface area contributed by atoms with E-state index in [1.807, 2.05) is 19.9 Å². The molecule has 2 heterocycles. The van der Waals surface area contributed by atoms with Crippen molar-refractivity contribution in [1.29, 1.82) is 0 Å². The van der Waals surface area contributed by atoms with E-state index in [9.17, 15) is 24.8 Å². The highest BCUT2D eigenvalue weighted by Crippen LogP contribution is 2.36. The molecule has 4 rings (SSSR count). The van der Waals surface area contributed by atoms with Crippen LogP contribution in [0.4, 0.5) is 5.69 Å². The number of fused-ring (bicyclic) bond motifs is 1. The number of non-ortho nitro benzene ring substituents is 1. The number of phenolic OH excluding ortho intramolecular Hbond substituents is 1. The molecule has 0 aliphatic carbocycles. The molecular formula is C26H26N4O6S. The number of aromatic hydroxyl groups is 1. The van der Waals surface area contributed by atoms with Gasteiger partial charge in [0.05, 0.1) is 27.8 Å². The highest BCUT2D eigenvalue weighted by Gasteiger charge is 2.35. The van der Waals surface area contributed by atoms with Crippen LogP contribution < -0.4 is 19.6 Å². The van der Waals surface area contributed by atoms with Crippen LogP contribution in [0, 0.1) is 10.1 Å². The van der Waals surface area contributed by atoms with E-state index in [-0.39, 0.29) is 27.4 Å². The number of carbonyl (C=O) groups excluding carboxylic acids is 1. The van der Waals surface area contributed by atoms with Crippen LogP contribution in [0.25, 0.3) is 6.08 Å². The SMILES string of the molecule is CCN(CC)C(=O)C1=C(C)N=c2s/c(=C/c3cc([N+](=O)[O-])ccc3O)c(=O)n2[C@H]1c1ccccc1OC. The Hall–Kier alpha value is -4.25. The van der Waals surface area contributed by atoms with Crippen LogP contribution >= 0.6 is 11.3 Å². The number of nitrogens with zero attached hydrogens (tertiary/aromatic N) is 4. The summed E-state index contributed by atoms with van der Waals surface area (Å²) >= 11 is 1.08. The maximum atomic E-state index is 13.8. The van der Waals surface area contributed by atoms with Crippen molar-refractivity contribution in [3.05, 3.63) is 94.7 Å². The van der Waals surface area contributed by atoms with Gasteiger partial charge in [-0.3, -0.25) is 24.3 Å². The summed E-state index contributed by atoms with van der Waals surface area (Å²) in [6.45, 7) is 6.48. The molecule has 3 aromatic rings. The molecule has 192 valence electrons. The number of amides is 1. The van der Waals surface area contributed by atoms with Crippen LogP contribution in [0.3, 0.4) is 0 Å². The average molecular weight is 523 g/mol. The fraction of sp³-hybridized carbons (Fsp3) is 0.269. The van der Waals surface area contributed by atoms with Crippen molar-refractivity contribution in [3.63, 3.8) is 0 Å². The van der Waals surface area contributed by atoms with Crippen molar-refractivity contribution in [2.75, 3.05) is 20.2 Å². The number of likely N-dealkylation sites (N-methyl/N-ethyl adjacent to an activating group) is 1. The molecule has 1 amide bonds. The van der Waals surface area contributed by atoms with Crippen molar-refractivity contribution >= 4 is 29.0 Å². The minimum absolute atomic E-state index is 0.128. The van der Waals surface area contributed by atoms with Gasteiger partial charge in [0, 0.05) is 36.3 Å². The maximum Gasteiger partial charge on any atom is 0.271 e. The Morgan fingerprint density at radius 1 is 1.27 bits per heavy atom. The highest BCUT2D eigenvalue weighted by atomic mass is 32.1. The van der Waals surface area contributed by atoms with E-state index in [0.29, 0.717) is 40.5 Å². The van der Waals surface area contributed by atoms with E-state index in [1.54, 1.807) is 30.0 Å². The van der Waals surface area contributed by atoms with E-state index < -0.39 is 16.5 Å². The first-order valence-corrected chi connectivity index (χ1v) is 12.5. The summed E-state index contributed by atoms with van der Waals surface area (Å²) in [6, 6.07) is 9.98. The fourth-order valence-corrected chi connectivity index (χ4v) is 5.41. The van der Waals surface area contributed by atoms with Gasteiger partial charge in [-0.05, 0) is 39.0 Å². The Kier molecular flexibility index (Phi) is 7.25. The Morgan fingerprint density at radius 3 is 2.62 bits per heavy atom. The molecule has 1 N–H and O–H groups in total. The van der Waals surface area contributed by atoms with E-state index in [1.165, 1.54) is 36.0 Å². The van der Waals surface area contributed by atoms with Gasteiger partial charge in [0.15, 0.2) is 4.80 Å². The summed E-state index contributed by atoms with van der Waals surface area (Å²) < 4.78 is 7.25. The number of aromatic nitrogens is 1. The number of thiazole rings is 1. The highest BCUT2D eigenvalue weighted by molar-refractivity contribution is 7.07. The topological polar surface area (TPSA) is 127 Å². The molecule has 1 aromatic heterocycles. The molecule has 1 aliphatic heterocycles. The monoisotopic (exact) mass is 522 g/mol. The lowest BCUT2D eigenvalue weighted by Gasteiger charge is -2.29. The second-order valence-corrected chi connectivity index (χ2v) is 9.31. The molecule has 11 heteroatoms. The summed E-state index contributed by atoms with van der Waals surface area (Å²) in [7, 11) is 1.52. The number of nitro groups is 1. The van der Waals surface area contributed by atoms with Gasteiger partial charge < -0.3 is 14.7 Å². The zero-order valence-electron chi connectivity index (χ0n) is 20.8. The molecule has 0 bridgehead atoms. The van der Waals surface area contributed by atoms with Gasteiger partial charge in [-0.1, -0.05) is 29.5 Å². The second kappa shape index (κ2) is 10.4. The minimum Gasteiger partial charge on any atom is -0.507 e. The normalized spacial score (nSPS) is 15.2. The van der Waals surface area contributed by atoms with Gasteiger partial charge in [0.2, 0.25) is 0 Å². The third kappa shape index (κ3) is 4.65. The first-order valence-electron chi connectivity index (χ1n) is 11.6. The molecule has 0 unspecified atom stereocenters. The van der Waals surface area contributed by atoms with Crippen molar-refractivity contribution in [2.45, 2.75) is 26.8 Å². The summed E-state index contributed by atoms with van der Waals surface area (Å²) in [4.78, 5) is 44.8. The lowest BCUT2D eigenvalue weighted by Crippen LogP contribution is -2.43. The molecule has 1 aliphatic rings. The predicted molar refractivity (Wildman–Crippen MR) is 139 cm³/mol. The number of para-hydroxylation sites is 1. The van der Waals surface area contributed by atoms with Gasteiger partial charge in [-0.25, -0.2) is 4.99 Å². The zero-order valence-corrected chi connectivity index (χ0v) is 21.6. The smallest absolute Gasteiger partial charge is 0.271 e. The molecule has 2 aromatic carbocycles. The third-order valence-electron chi connectivity index (χ3n) is 6.24. The fourth-order valence-electron chi connectivity index (χ4n) is 4.38. The molecule has 0 fully saturated rings. The number of allylic oxidation sites excluding steroid dienone is 1. The van der Waals surface area contributed by atoms with Crippen LogP contribution in [0.1, 0.15) is 37.9 Å². The van der Waals surface area contributed by atoms with Gasteiger partial charge in [-0.2, -0.15) is 0 Å². The molecule has 0 saturated heterocycles.